The molecular weight excluding hydrogens is 1790 g/mol. The van der Waals surface area contributed by atoms with Crippen molar-refractivity contribution in [2.75, 3.05) is 0 Å². The molecule has 3 aliphatic rings. The summed E-state index contributed by atoms with van der Waals surface area (Å²) in [4.78, 5) is 10.9. The Labute approximate surface area is 853 Å². The van der Waals surface area contributed by atoms with Gasteiger partial charge in [0.25, 0.3) is 0 Å². The van der Waals surface area contributed by atoms with Gasteiger partial charge in [0.2, 0.25) is 5.95 Å². The van der Waals surface area contributed by atoms with Crippen LogP contribution in [0.1, 0.15) is 74.9 Å². The van der Waals surface area contributed by atoms with Crippen LogP contribution in [0.4, 0.5) is 0 Å². The van der Waals surface area contributed by atoms with Crippen molar-refractivity contribution < 1.29 is 0 Å². The van der Waals surface area contributed by atoms with Gasteiger partial charge in [-0.15, -0.1) is 0 Å². The predicted molar refractivity (Wildman–Crippen MR) is 625 cm³/mol. The van der Waals surface area contributed by atoms with Crippen molar-refractivity contribution in [3.63, 3.8) is 0 Å². The van der Waals surface area contributed by atoms with Crippen LogP contribution in [0.5, 0.6) is 0 Å². The van der Waals surface area contributed by atoms with Crippen LogP contribution < -0.4 is 0 Å². The van der Waals surface area contributed by atoms with Crippen LogP contribution in [0, 0.1) is 0 Å². The SMILES string of the molecule is CC1(C)c2ccccc2-c2c3c1cccc3cc1c2c2ccc3ccccc3c2n1-c1ccc(-n2c3ccccc3c3ccccc32)cc1.CC1(C)c2ccccc2-c2c3c1cccc3cc1c2c2ccc3ccccc3c2n1-c1ccc2c(c1)c1ccccc1n2-c1ccccc1.CC1(C)c2ccccc2-c2c3c1cccc3cc1c2c2ccc3ccccc3c2n1-c1nc(-c2ccc3ccccc3c2)c2ccccc2n1. The highest BCUT2D eigenvalue weighted by atomic mass is 15.2. The summed E-state index contributed by atoms with van der Waals surface area (Å²) in [5.41, 5.74) is 35.7. The van der Waals surface area contributed by atoms with Crippen molar-refractivity contribution in [1.82, 2.24) is 32.8 Å². The minimum absolute atomic E-state index is 0.0928. The summed E-state index contributed by atoms with van der Waals surface area (Å²) in [6, 6.07) is 172. The molecule has 0 aliphatic heterocycles. The summed E-state index contributed by atoms with van der Waals surface area (Å²) in [7, 11) is 0. The standard InChI is InChI=1S/C47H31N3.2C47H32N2/c1-47(2)37-19-9-7-17-34(37)43-41-31(15-11-20-38(41)47)27-40-42(43)36-25-24-29-13-5-6-16-33(29)45(36)50(40)46-48-39-21-10-8-18-35(39)44(49-46)32-23-22-28-12-3-4-14-30(28)26-32;1-47(2)38-18-8-5-17-36(38)45-43-30(13-11-19-39(43)47)28-42-44(45)37-27-22-29-12-3-4-14-33(29)46(37)49(42)32-25-23-31(24-26-32)48-40-20-9-6-15-34(40)35-16-7-10-21-41(35)48;1-47(2)38-20-10-8-19-35(38)45-43-30(14-12-21-39(43)47)27-42-44(45)36-25-23-29-13-6-7-17-33(29)46(36)49(42)32-24-26-41-37(28-32)34-18-9-11-22-40(34)48(41)31-15-4-3-5-16-31/h3-27H,1-2H3;2*3-28H,1-2H3. The minimum atomic E-state index is -0.127. The van der Waals surface area contributed by atoms with E-state index in [4.69, 9.17) is 9.97 Å². The Bertz CT molecular complexity index is 11000. The van der Waals surface area contributed by atoms with Gasteiger partial charge in [0, 0.05) is 137 Å². The quantitative estimate of drug-likeness (QED) is 0.167. The molecule has 0 saturated heterocycles. The highest BCUT2D eigenvalue weighted by molar-refractivity contribution is 6.32. The molecule has 0 unspecified atom stereocenters. The molecule has 0 spiro atoms. The first kappa shape index (κ1) is 84.0. The number of nitrogens with zero attached hydrogens (tertiary/aromatic N) is 7. The van der Waals surface area contributed by atoms with Crippen molar-refractivity contribution in [2.45, 2.75) is 57.8 Å². The second-order valence-corrected chi connectivity index (χ2v) is 42.4. The van der Waals surface area contributed by atoms with Crippen LogP contribution in [-0.2, 0) is 16.2 Å². The Morgan fingerprint density at radius 3 is 0.966 bits per heavy atom. The van der Waals surface area contributed by atoms with Gasteiger partial charge in [-0.3, -0.25) is 4.57 Å². The van der Waals surface area contributed by atoms with E-state index in [0.717, 1.165) is 44.6 Å². The van der Waals surface area contributed by atoms with Gasteiger partial charge in [-0.2, -0.15) is 0 Å². The van der Waals surface area contributed by atoms with Crippen molar-refractivity contribution in [3.05, 3.63) is 500 Å². The van der Waals surface area contributed by atoms with E-state index in [-0.39, 0.29) is 16.2 Å². The lowest BCUT2D eigenvalue weighted by Gasteiger charge is -2.35. The number of hydrogen-bond donors (Lipinski definition) is 0. The van der Waals surface area contributed by atoms with Gasteiger partial charge >= 0.3 is 0 Å². The largest absolute Gasteiger partial charge is 0.309 e. The van der Waals surface area contributed by atoms with E-state index < -0.39 is 0 Å². The predicted octanol–water partition coefficient (Wildman–Crippen LogP) is 37.1. The molecule has 33 rings (SSSR count). The monoisotopic (exact) mass is 1890 g/mol. The topological polar surface area (TPSA) is 50.4 Å². The van der Waals surface area contributed by atoms with E-state index in [1.807, 2.05) is 0 Å². The number of para-hydroxylation sites is 5. The van der Waals surface area contributed by atoms with Crippen LogP contribution in [0.2, 0.25) is 0 Å². The minimum Gasteiger partial charge on any atom is -0.309 e. The second-order valence-electron chi connectivity index (χ2n) is 42.4. The van der Waals surface area contributed by atoms with E-state index in [9.17, 15) is 0 Å². The van der Waals surface area contributed by atoms with Crippen LogP contribution >= 0.6 is 0 Å². The van der Waals surface area contributed by atoms with Crippen LogP contribution in [-0.4, -0.2) is 32.8 Å². The molecular formula is C141H95N7. The van der Waals surface area contributed by atoms with Gasteiger partial charge in [0.15, 0.2) is 0 Å². The molecule has 7 heteroatoms. The third-order valence-corrected chi connectivity index (χ3v) is 33.7. The third-order valence-electron chi connectivity index (χ3n) is 33.7. The molecule has 0 saturated carbocycles. The molecule has 3 aliphatic carbocycles. The lowest BCUT2D eigenvalue weighted by atomic mass is 9.68. The van der Waals surface area contributed by atoms with Crippen LogP contribution in [0.25, 0.3) is 269 Å². The van der Waals surface area contributed by atoms with Gasteiger partial charge in [0.1, 0.15) is 0 Å². The number of benzene rings is 24. The zero-order valence-corrected chi connectivity index (χ0v) is 82.6. The molecule has 148 heavy (non-hydrogen) atoms. The number of hydrogen-bond acceptors (Lipinski definition) is 2. The zero-order chi connectivity index (χ0) is 98.0. The fraction of sp³-hybridized carbons (Fsp3) is 0.0638. The van der Waals surface area contributed by atoms with E-state index in [2.05, 4.69) is 531 Å². The number of aromatic nitrogens is 7. The maximum absolute atomic E-state index is 5.51. The summed E-state index contributed by atoms with van der Waals surface area (Å²) in [5, 5.41) is 31.6. The first-order chi connectivity index (χ1) is 72.7. The highest BCUT2D eigenvalue weighted by Crippen LogP contribution is 2.59. The fourth-order valence-corrected chi connectivity index (χ4v) is 27.0. The first-order valence-electron chi connectivity index (χ1n) is 51.8. The van der Waals surface area contributed by atoms with Gasteiger partial charge in [-0.1, -0.05) is 406 Å². The first-order valence-corrected chi connectivity index (χ1v) is 51.8. The summed E-state index contributed by atoms with van der Waals surface area (Å²) in [5.74, 6) is 0.676. The Hall–Kier alpha value is -18.6. The maximum atomic E-state index is 5.51. The van der Waals surface area contributed by atoms with Crippen LogP contribution in [0.3, 0.4) is 0 Å². The lowest BCUT2D eigenvalue weighted by molar-refractivity contribution is 0.645. The van der Waals surface area contributed by atoms with Gasteiger partial charge in [0.05, 0.1) is 66.4 Å². The molecule has 0 N–H and O–H groups in total. The summed E-state index contributed by atoms with van der Waals surface area (Å²) >= 11 is 0. The normalized spacial score (nSPS) is 13.6. The van der Waals surface area contributed by atoms with Crippen molar-refractivity contribution >= 4 is 195 Å². The molecule has 30 aromatic rings. The molecule has 6 aromatic heterocycles. The third kappa shape index (κ3) is 11.8. The van der Waals surface area contributed by atoms with Gasteiger partial charge in [-0.05, 0) is 212 Å². The van der Waals surface area contributed by atoms with E-state index >= 15 is 0 Å². The van der Waals surface area contributed by atoms with Crippen molar-refractivity contribution in [2.24, 2.45) is 0 Å². The zero-order valence-electron chi connectivity index (χ0n) is 82.6. The maximum Gasteiger partial charge on any atom is 0.235 e. The highest BCUT2D eigenvalue weighted by Gasteiger charge is 2.41. The molecule has 0 fully saturated rings. The molecule has 6 heterocycles. The Kier molecular flexibility index (Phi) is 17.7. The van der Waals surface area contributed by atoms with E-state index in [0.29, 0.717) is 5.95 Å². The molecule has 0 amide bonds. The van der Waals surface area contributed by atoms with Gasteiger partial charge < -0.3 is 18.3 Å². The molecule has 24 aromatic carbocycles. The molecule has 7 nitrogen and oxygen atoms in total. The lowest BCUT2D eigenvalue weighted by Crippen LogP contribution is -2.23. The molecule has 0 bridgehead atoms. The molecule has 0 radical (unpaired) electrons. The molecule has 694 valence electrons. The molecule has 0 atom stereocenters. The van der Waals surface area contributed by atoms with Crippen molar-refractivity contribution in [3.8, 4) is 73.3 Å². The summed E-state index contributed by atoms with van der Waals surface area (Å²) < 4.78 is 12.2. The van der Waals surface area contributed by atoms with E-state index in [1.165, 1.54) is 252 Å². The average molecular weight is 1890 g/mol. The number of rotatable bonds is 6. The summed E-state index contributed by atoms with van der Waals surface area (Å²) in [6.07, 6.45) is 0. The number of fused-ring (bicyclic) bond motifs is 32. The Morgan fingerprint density at radius 1 is 0.176 bits per heavy atom. The Balaban J connectivity index is 0.000000100. The Morgan fingerprint density at radius 2 is 0.500 bits per heavy atom. The average Bonchev–Trinajstić information content (AvgIpc) is 1.49. The summed E-state index contributed by atoms with van der Waals surface area (Å²) in [6.45, 7) is 14.2. The smallest absolute Gasteiger partial charge is 0.235 e. The van der Waals surface area contributed by atoms with Crippen LogP contribution in [0.15, 0.2) is 467 Å². The van der Waals surface area contributed by atoms with Crippen molar-refractivity contribution in [1.29, 1.82) is 0 Å². The second kappa shape index (κ2) is 31.2. The van der Waals surface area contributed by atoms with Gasteiger partial charge in [-0.25, -0.2) is 9.97 Å². The van der Waals surface area contributed by atoms with E-state index in [1.54, 1.807) is 0 Å². The fourth-order valence-electron chi connectivity index (χ4n) is 27.0.